The summed E-state index contributed by atoms with van der Waals surface area (Å²) in [5.41, 5.74) is 1.56. The summed E-state index contributed by atoms with van der Waals surface area (Å²) < 4.78 is 24.7. The lowest BCUT2D eigenvalue weighted by Gasteiger charge is -2.17. The van der Waals surface area contributed by atoms with Crippen molar-refractivity contribution in [3.05, 3.63) is 71.8 Å². The Morgan fingerprint density at radius 2 is 1.61 bits per heavy atom. The summed E-state index contributed by atoms with van der Waals surface area (Å²) >= 11 is 0. The number of carbonyl (C=O) groups excluding carboxylic acids is 1. The Labute approximate surface area is 162 Å². The number of ether oxygens (including phenoxy) is 2. The summed E-state index contributed by atoms with van der Waals surface area (Å²) in [6.07, 6.45) is -0.907. The second-order valence-electron chi connectivity index (χ2n) is 6.15. The van der Waals surface area contributed by atoms with Gasteiger partial charge in [-0.3, -0.25) is 4.79 Å². The van der Waals surface area contributed by atoms with Crippen molar-refractivity contribution in [1.82, 2.24) is 9.97 Å². The molecule has 1 amide bonds. The number of benzene rings is 2. The zero-order chi connectivity index (χ0) is 20.1. The fourth-order valence-electron chi connectivity index (χ4n) is 2.52. The van der Waals surface area contributed by atoms with Gasteiger partial charge in [-0.15, -0.1) is 0 Å². The fraction of sp³-hybridized carbons (Fsp3) is 0.190. The number of halogens is 1. The SMILES string of the molecule is Cc1nc(Oc2ccccc2)nc(C)c1NC(=O)C(C)Oc1ccccc1F. The predicted octanol–water partition coefficient (Wildman–Crippen LogP) is 4.43. The van der Waals surface area contributed by atoms with E-state index in [0.29, 0.717) is 22.8 Å². The summed E-state index contributed by atoms with van der Waals surface area (Å²) in [7, 11) is 0. The summed E-state index contributed by atoms with van der Waals surface area (Å²) in [4.78, 5) is 21.0. The molecule has 2 aromatic carbocycles. The average molecular weight is 381 g/mol. The fourth-order valence-corrected chi connectivity index (χ4v) is 2.52. The van der Waals surface area contributed by atoms with E-state index in [2.05, 4.69) is 15.3 Å². The second kappa shape index (κ2) is 8.47. The minimum absolute atomic E-state index is 0.0152. The Kier molecular flexibility index (Phi) is 5.84. The molecule has 1 aromatic heterocycles. The van der Waals surface area contributed by atoms with Crippen molar-refractivity contribution in [3.63, 3.8) is 0 Å². The number of hydrogen-bond acceptors (Lipinski definition) is 5. The molecule has 0 saturated heterocycles. The quantitative estimate of drug-likeness (QED) is 0.684. The molecule has 1 unspecified atom stereocenters. The maximum absolute atomic E-state index is 13.7. The highest BCUT2D eigenvalue weighted by molar-refractivity contribution is 5.95. The van der Waals surface area contributed by atoms with E-state index in [4.69, 9.17) is 9.47 Å². The molecule has 0 fully saturated rings. The second-order valence-corrected chi connectivity index (χ2v) is 6.15. The van der Waals surface area contributed by atoms with Crippen molar-refractivity contribution >= 4 is 11.6 Å². The van der Waals surface area contributed by atoms with Gasteiger partial charge in [-0.1, -0.05) is 30.3 Å². The van der Waals surface area contributed by atoms with Gasteiger partial charge in [-0.2, -0.15) is 9.97 Å². The van der Waals surface area contributed by atoms with Crippen LogP contribution in [0.1, 0.15) is 18.3 Å². The first-order chi connectivity index (χ1) is 13.4. The van der Waals surface area contributed by atoms with Gasteiger partial charge < -0.3 is 14.8 Å². The van der Waals surface area contributed by atoms with Crippen LogP contribution in [-0.4, -0.2) is 22.0 Å². The number of hydrogen-bond donors (Lipinski definition) is 1. The molecule has 3 rings (SSSR count). The molecule has 0 spiro atoms. The van der Waals surface area contributed by atoms with Gasteiger partial charge in [0.05, 0.1) is 17.1 Å². The number of nitrogens with one attached hydrogen (secondary N) is 1. The van der Waals surface area contributed by atoms with Gasteiger partial charge in [-0.25, -0.2) is 4.39 Å². The van der Waals surface area contributed by atoms with Crippen molar-refractivity contribution in [2.24, 2.45) is 0 Å². The van der Waals surface area contributed by atoms with Crippen LogP contribution in [0.5, 0.6) is 17.5 Å². The molecule has 1 heterocycles. The predicted molar refractivity (Wildman–Crippen MR) is 103 cm³/mol. The van der Waals surface area contributed by atoms with Crippen LogP contribution in [0.3, 0.4) is 0 Å². The lowest BCUT2D eigenvalue weighted by atomic mass is 10.2. The number of amides is 1. The number of aromatic nitrogens is 2. The van der Waals surface area contributed by atoms with Gasteiger partial charge in [0, 0.05) is 0 Å². The first-order valence-electron chi connectivity index (χ1n) is 8.74. The lowest BCUT2D eigenvalue weighted by Crippen LogP contribution is -2.31. The van der Waals surface area contributed by atoms with E-state index in [0.717, 1.165) is 0 Å². The third-order valence-corrected chi connectivity index (χ3v) is 3.96. The monoisotopic (exact) mass is 381 g/mol. The number of rotatable bonds is 6. The molecule has 0 aliphatic rings. The average Bonchev–Trinajstić information content (AvgIpc) is 2.67. The Balaban J connectivity index is 1.71. The zero-order valence-corrected chi connectivity index (χ0v) is 15.8. The first-order valence-corrected chi connectivity index (χ1v) is 8.74. The lowest BCUT2D eigenvalue weighted by molar-refractivity contribution is -0.122. The first kappa shape index (κ1) is 19.3. The Morgan fingerprint density at radius 3 is 2.25 bits per heavy atom. The van der Waals surface area contributed by atoms with Crippen LogP contribution < -0.4 is 14.8 Å². The van der Waals surface area contributed by atoms with Gasteiger partial charge in [0.1, 0.15) is 5.75 Å². The van der Waals surface area contributed by atoms with Gasteiger partial charge in [0.2, 0.25) is 0 Å². The minimum atomic E-state index is -0.907. The van der Waals surface area contributed by atoms with Gasteiger partial charge in [0.25, 0.3) is 5.91 Å². The highest BCUT2D eigenvalue weighted by atomic mass is 19.1. The Morgan fingerprint density at radius 1 is 1.00 bits per heavy atom. The van der Waals surface area contributed by atoms with Crippen molar-refractivity contribution in [2.45, 2.75) is 26.9 Å². The van der Waals surface area contributed by atoms with Crippen LogP contribution >= 0.6 is 0 Å². The van der Waals surface area contributed by atoms with Crippen LogP contribution in [0, 0.1) is 19.7 Å². The maximum Gasteiger partial charge on any atom is 0.322 e. The smallest absolute Gasteiger partial charge is 0.322 e. The van der Waals surface area contributed by atoms with E-state index in [9.17, 15) is 9.18 Å². The maximum atomic E-state index is 13.7. The van der Waals surface area contributed by atoms with E-state index < -0.39 is 17.8 Å². The summed E-state index contributed by atoms with van der Waals surface area (Å²) in [6.45, 7) is 5.02. The number of carbonyl (C=O) groups is 1. The molecule has 0 bridgehead atoms. The molecule has 0 aliphatic heterocycles. The number of aryl methyl sites for hydroxylation is 2. The van der Waals surface area contributed by atoms with E-state index in [-0.39, 0.29) is 11.8 Å². The minimum Gasteiger partial charge on any atom is -0.478 e. The molecule has 28 heavy (non-hydrogen) atoms. The Hall–Kier alpha value is -3.48. The standard InChI is InChI=1S/C21H20FN3O3/c1-13-19(14(2)24-21(23-13)28-16-9-5-4-6-10-16)25-20(26)15(3)27-18-12-8-7-11-17(18)22/h4-12,15H,1-3H3,(H,25,26). The van der Waals surface area contributed by atoms with Gasteiger partial charge >= 0.3 is 6.01 Å². The molecule has 0 saturated carbocycles. The normalized spacial score (nSPS) is 11.6. The Bertz CT molecular complexity index is 957. The molecule has 6 nitrogen and oxygen atoms in total. The number of para-hydroxylation sites is 2. The number of anilines is 1. The largest absolute Gasteiger partial charge is 0.478 e. The van der Waals surface area contributed by atoms with E-state index in [1.807, 2.05) is 18.2 Å². The van der Waals surface area contributed by atoms with Crippen LogP contribution in [0.2, 0.25) is 0 Å². The summed E-state index contributed by atoms with van der Waals surface area (Å²) in [5, 5.41) is 2.74. The zero-order valence-electron chi connectivity index (χ0n) is 15.8. The molecule has 0 aliphatic carbocycles. The van der Waals surface area contributed by atoms with E-state index >= 15 is 0 Å². The topological polar surface area (TPSA) is 73.3 Å². The molecular formula is C21H20FN3O3. The third-order valence-electron chi connectivity index (χ3n) is 3.96. The summed E-state index contributed by atoms with van der Waals surface area (Å²) in [5.74, 6) is -0.332. The highest BCUT2D eigenvalue weighted by Gasteiger charge is 2.19. The molecule has 0 radical (unpaired) electrons. The van der Waals surface area contributed by atoms with Crippen LogP contribution in [0.15, 0.2) is 54.6 Å². The summed E-state index contributed by atoms with van der Waals surface area (Å²) in [6, 6.07) is 15.3. The molecular weight excluding hydrogens is 361 g/mol. The van der Waals surface area contributed by atoms with Crippen LogP contribution in [0.25, 0.3) is 0 Å². The molecule has 3 aromatic rings. The number of nitrogens with zero attached hydrogens (tertiary/aromatic N) is 2. The van der Waals surface area contributed by atoms with E-state index in [1.165, 1.54) is 12.1 Å². The van der Waals surface area contributed by atoms with Crippen LogP contribution in [-0.2, 0) is 4.79 Å². The van der Waals surface area contributed by atoms with Crippen molar-refractivity contribution in [1.29, 1.82) is 0 Å². The van der Waals surface area contributed by atoms with Gasteiger partial charge in [0.15, 0.2) is 17.7 Å². The third kappa shape index (κ3) is 4.62. The van der Waals surface area contributed by atoms with E-state index in [1.54, 1.807) is 45.0 Å². The van der Waals surface area contributed by atoms with Crippen LogP contribution in [0.4, 0.5) is 10.1 Å². The van der Waals surface area contributed by atoms with Gasteiger partial charge in [-0.05, 0) is 45.0 Å². The molecule has 1 N–H and O–H groups in total. The van der Waals surface area contributed by atoms with Crippen molar-refractivity contribution in [3.8, 4) is 17.5 Å². The highest BCUT2D eigenvalue weighted by Crippen LogP contribution is 2.24. The molecule has 7 heteroatoms. The van der Waals surface area contributed by atoms with Crippen molar-refractivity contribution < 1.29 is 18.7 Å². The van der Waals surface area contributed by atoms with Crippen molar-refractivity contribution in [2.75, 3.05) is 5.32 Å². The molecule has 1 atom stereocenters. The molecule has 144 valence electrons.